The van der Waals surface area contributed by atoms with Gasteiger partial charge in [-0.1, -0.05) is 24.3 Å². The normalized spacial score (nSPS) is 13.9. The highest BCUT2D eigenvalue weighted by molar-refractivity contribution is 5.82. The molecule has 2 aromatic rings. The van der Waals surface area contributed by atoms with Gasteiger partial charge in [-0.05, 0) is 36.2 Å². The van der Waals surface area contributed by atoms with Gasteiger partial charge in [-0.15, -0.1) is 0 Å². The molecule has 2 N–H and O–H groups in total. The van der Waals surface area contributed by atoms with E-state index in [0.717, 1.165) is 55.4 Å². The number of benzene rings is 2. The molecule has 6 nitrogen and oxygen atoms in total. The van der Waals surface area contributed by atoms with Crippen molar-refractivity contribution in [3.05, 3.63) is 54.1 Å². The number of carbonyl (C=O) groups excluding carboxylic acids is 1. The summed E-state index contributed by atoms with van der Waals surface area (Å²) in [6.45, 7) is 4.05. The van der Waals surface area contributed by atoms with E-state index >= 15 is 0 Å². The van der Waals surface area contributed by atoms with E-state index < -0.39 is 0 Å². The maximum absolute atomic E-state index is 12.2. The SMILES string of the molecule is COc1cccc(CCNC(=O)CNc2ccccc2N2CCOCC2)c1. The molecule has 0 radical (unpaired) electrons. The minimum atomic E-state index is -0.0188. The van der Waals surface area contributed by atoms with E-state index in [1.54, 1.807) is 7.11 Å². The van der Waals surface area contributed by atoms with Gasteiger partial charge in [-0.3, -0.25) is 4.79 Å². The highest BCUT2D eigenvalue weighted by Crippen LogP contribution is 2.26. The molecule has 27 heavy (non-hydrogen) atoms. The summed E-state index contributed by atoms with van der Waals surface area (Å²) in [4.78, 5) is 14.5. The number of rotatable bonds is 8. The summed E-state index contributed by atoms with van der Waals surface area (Å²) in [5.41, 5.74) is 3.23. The van der Waals surface area contributed by atoms with Gasteiger partial charge in [0.1, 0.15) is 5.75 Å². The highest BCUT2D eigenvalue weighted by atomic mass is 16.5. The molecule has 1 heterocycles. The van der Waals surface area contributed by atoms with Crippen molar-refractivity contribution in [3.63, 3.8) is 0 Å². The van der Waals surface area contributed by atoms with E-state index in [4.69, 9.17) is 9.47 Å². The number of nitrogens with one attached hydrogen (secondary N) is 2. The minimum Gasteiger partial charge on any atom is -0.497 e. The maximum Gasteiger partial charge on any atom is 0.239 e. The molecule has 0 unspecified atom stereocenters. The van der Waals surface area contributed by atoms with Crippen molar-refractivity contribution in [1.82, 2.24) is 5.32 Å². The van der Waals surface area contributed by atoms with Crippen LogP contribution in [0, 0.1) is 0 Å². The fourth-order valence-corrected chi connectivity index (χ4v) is 3.12. The number of amides is 1. The van der Waals surface area contributed by atoms with E-state index in [-0.39, 0.29) is 12.5 Å². The molecule has 1 aliphatic heterocycles. The number of hydrogen-bond donors (Lipinski definition) is 2. The predicted octanol–water partition coefficient (Wildman–Crippen LogP) is 2.30. The van der Waals surface area contributed by atoms with E-state index in [9.17, 15) is 4.79 Å². The van der Waals surface area contributed by atoms with Crippen LogP contribution in [0.15, 0.2) is 48.5 Å². The molecule has 1 aliphatic rings. The molecule has 1 amide bonds. The summed E-state index contributed by atoms with van der Waals surface area (Å²) in [5, 5.41) is 6.22. The first kappa shape index (κ1) is 19.0. The topological polar surface area (TPSA) is 62.8 Å². The van der Waals surface area contributed by atoms with Crippen LogP contribution >= 0.6 is 0 Å². The molecule has 144 valence electrons. The Balaban J connectivity index is 1.46. The molecule has 2 aromatic carbocycles. The zero-order chi connectivity index (χ0) is 18.9. The monoisotopic (exact) mass is 369 g/mol. The summed E-state index contributed by atoms with van der Waals surface area (Å²) in [5.74, 6) is 0.815. The summed E-state index contributed by atoms with van der Waals surface area (Å²) < 4.78 is 10.6. The average Bonchev–Trinajstić information content (AvgIpc) is 2.73. The van der Waals surface area contributed by atoms with Crippen molar-refractivity contribution >= 4 is 17.3 Å². The number of nitrogens with zero attached hydrogens (tertiary/aromatic N) is 1. The smallest absolute Gasteiger partial charge is 0.239 e. The Morgan fingerprint density at radius 2 is 1.96 bits per heavy atom. The van der Waals surface area contributed by atoms with Crippen molar-refractivity contribution in [3.8, 4) is 5.75 Å². The maximum atomic E-state index is 12.2. The number of para-hydroxylation sites is 2. The molecule has 3 rings (SSSR count). The van der Waals surface area contributed by atoms with E-state index in [0.29, 0.717) is 6.54 Å². The second-order valence-corrected chi connectivity index (χ2v) is 6.42. The van der Waals surface area contributed by atoms with Crippen LogP contribution in [-0.4, -0.2) is 52.4 Å². The van der Waals surface area contributed by atoms with E-state index in [2.05, 4.69) is 21.6 Å². The summed E-state index contributed by atoms with van der Waals surface area (Å²) in [6, 6.07) is 16.0. The molecule has 0 aromatic heterocycles. The molecule has 0 spiro atoms. The third-order valence-corrected chi connectivity index (χ3v) is 4.57. The molecule has 1 fully saturated rings. The van der Waals surface area contributed by atoms with Gasteiger partial charge in [0, 0.05) is 19.6 Å². The van der Waals surface area contributed by atoms with Gasteiger partial charge < -0.3 is 25.0 Å². The second kappa shape index (κ2) is 9.83. The van der Waals surface area contributed by atoms with Gasteiger partial charge in [-0.25, -0.2) is 0 Å². The van der Waals surface area contributed by atoms with E-state index in [1.165, 1.54) is 0 Å². The first-order valence-electron chi connectivity index (χ1n) is 9.31. The van der Waals surface area contributed by atoms with Crippen LogP contribution in [0.5, 0.6) is 5.75 Å². The Hall–Kier alpha value is -2.73. The van der Waals surface area contributed by atoms with Crippen LogP contribution < -0.4 is 20.3 Å². The van der Waals surface area contributed by atoms with Gasteiger partial charge in [0.15, 0.2) is 0 Å². The van der Waals surface area contributed by atoms with Crippen molar-refractivity contribution in [1.29, 1.82) is 0 Å². The van der Waals surface area contributed by atoms with Crippen LogP contribution in [-0.2, 0) is 16.0 Å². The van der Waals surface area contributed by atoms with Crippen LogP contribution in [0.25, 0.3) is 0 Å². The summed E-state index contributed by atoms with van der Waals surface area (Å²) in [7, 11) is 1.65. The van der Waals surface area contributed by atoms with Gasteiger partial charge in [0.25, 0.3) is 0 Å². The Labute approximate surface area is 160 Å². The fourth-order valence-electron chi connectivity index (χ4n) is 3.12. The largest absolute Gasteiger partial charge is 0.497 e. The molecular formula is C21H27N3O3. The number of ether oxygens (including phenoxy) is 2. The lowest BCUT2D eigenvalue weighted by Gasteiger charge is -2.30. The third kappa shape index (κ3) is 5.62. The lowest BCUT2D eigenvalue weighted by atomic mass is 10.1. The third-order valence-electron chi connectivity index (χ3n) is 4.57. The average molecular weight is 369 g/mol. The van der Waals surface area contributed by atoms with Gasteiger partial charge in [0.2, 0.25) is 5.91 Å². The Morgan fingerprint density at radius 3 is 2.78 bits per heavy atom. The lowest BCUT2D eigenvalue weighted by Crippen LogP contribution is -2.37. The quantitative estimate of drug-likeness (QED) is 0.748. The number of hydrogen-bond acceptors (Lipinski definition) is 5. The number of carbonyl (C=O) groups is 1. The standard InChI is InChI=1S/C21H27N3O3/c1-26-18-6-4-5-17(15-18)9-10-22-21(25)16-23-19-7-2-3-8-20(19)24-11-13-27-14-12-24/h2-8,15,23H,9-14,16H2,1H3,(H,22,25). The van der Waals surface area contributed by atoms with Crippen molar-refractivity contribution in [2.45, 2.75) is 6.42 Å². The first-order chi connectivity index (χ1) is 13.3. The molecule has 6 heteroatoms. The van der Waals surface area contributed by atoms with Crippen molar-refractivity contribution in [2.24, 2.45) is 0 Å². The lowest BCUT2D eigenvalue weighted by molar-refractivity contribution is -0.119. The minimum absolute atomic E-state index is 0.0188. The van der Waals surface area contributed by atoms with E-state index in [1.807, 2.05) is 42.5 Å². The first-order valence-corrected chi connectivity index (χ1v) is 9.31. The number of methoxy groups -OCH3 is 1. The highest BCUT2D eigenvalue weighted by Gasteiger charge is 2.14. The molecule has 1 saturated heterocycles. The summed E-state index contributed by atoms with van der Waals surface area (Å²) in [6.07, 6.45) is 0.771. The summed E-state index contributed by atoms with van der Waals surface area (Å²) >= 11 is 0. The molecule has 0 bridgehead atoms. The second-order valence-electron chi connectivity index (χ2n) is 6.42. The molecule has 0 aliphatic carbocycles. The number of morpholine rings is 1. The zero-order valence-electron chi connectivity index (χ0n) is 15.7. The molecule has 0 saturated carbocycles. The zero-order valence-corrected chi connectivity index (χ0v) is 15.7. The van der Waals surface area contributed by atoms with Crippen molar-refractivity contribution in [2.75, 3.05) is 56.7 Å². The molecular weight excluding hydrogens is 342 g/mol. The number of anilines is 2. The molecule has 0 atom stereocenters. The fraction of sp³-hybridized carbons (Fsp3) is 0.381. The van der Waals surface area contributed by atoms with Crippen LogP contribution in [0.3, 0.4) is 0 Å². The predicted molar refractivity (Wildman–Crippen MR) is 108 cm³/mol. The Bertz CT molecular complexity index is 745. The van der Waals surface area contributed by atoms with Gasteiger partial charge in [0.05, 0.1) is 38.2 Å². The van der Waals surface area contributed by atoms with Crippen molar-refractivity contribution < 1.29 is 14.3 Å². The Morgan fingerprint density at radius 1 is 1.15 bits per heavy atom. The van der Waals surface area contributed by atoms with Gasteiger partial charge >= 0.3 is 0 Å². The van der Waals surface area contributed by atoms with Crippen LogP contribution in [0.1, 0.15) is 5.56 Å². The van der Waals surface area contributed by atoms with Crippen LogP contribution in [0.2, 0.25) is 0 Å². The Kier molecular flexibility index (Phi) is 6.93. The van der Waals surface area contributed by atoms with Crippen LogP contribution in [0.4, 0.5) is 11.4 Å². The van der Waals surface area contributed by atoms with Gasteiger partial charge in [-0.2, -0.15) is 0 Å².